The van der Waals surface area contributed by atoms with Crippen LogP contribution in [0.3, 0.4) is 0 Å². The number of nitrogens with two attached hydrogens (primary N) is 1. The zero-order valence-electron chi connectivity index (χ0n) is 4.51. The van der Waals surface area contributed by atoms with Crippen LogP contribution in [0.15, 0.2) is 0 Å². The van der Waals surface area contributed by atoms with Crippen molar-refractivity contribution in [2.24, 2.45) is 5.84 Å². The second-order valence-corrected chi connectivity index (χ2v) is 2.26. The summed E-state index contributed by atoms with van der Waals surface area (Å²) in [5, 5.41) is 1.65. The Bertz CT molecular complexity index is 72.4. The van der Waals surface area contributed by atoms with E-state index in [1.807, 2.05) is 0 Å². The summed E-state index contributed by atoms with van der Waals surface area (Å²) in [4.78, 5) is 0. The number of morpholine rings is 1. The zero-order chi connectivity index (χ0) is 5.98. The monoisotopic (exact) mass is 136 g/mol. The van der Waals surface area contributed by atoms with Crippen LogP contribution >= 0.6 is 11.6 Å². The fourth-order valence-corrected chi connectivity index (χ4v) is 0.893. The summed E-state index contributed by atoms with van der Waals surface area (Å²) in [6.07, 6.45) is 0. The predicted molar refractivity (Wildman–Crippen MR) is 31.4 cm³/mol. The molecule has 0 saturated carbocycles. The molecule has 48 valence electrons. The van der Waals surface area contributed by atoms with E-state index in [0.29, 0.717) is 13.2 Å². The Morgan fingerprint density at radius 2 is 2.50 bits per heavy atom. The quantitative estimate of drug-likeness (QED) is 0.369. The van der Waals surface area contributed by atoms with Crippen LogP contribution in [0.1, 0.15) is 0 Å². The summed E-state index contributed by atoms with van der Waals surface area (Å²) in [6, 6.07) is 0. The third kappa shape index (κ3) is 1.59. The van der Waals surface area contributed by atoms with Crippen LogP contribution in [-0.4, -0.2) is 30.3 Å². The normalized spacial score (nSPS) is 33.0. The molecule has 3 nitrogen and oxygen atoms in total. The predicted octanol–water partition coefficient (Wildman–Crippen LogP) is -0.243. The van der Waals surface area contributed by atoms with Gasteiger partial charge in [-0.2, -0.15) is 0 Å². The molecule has 1 saturated heterocycles. The van der Waals surface area contributed by atoms with Crippen molar-refractivity contribution in [3.63, 3.8) is 0 Å². The number of halogens is 1. The second-order valence-electron chi connectivity index (χ2n) is 1.78. The Balaban J connectivity index is 2.23. The topological polar surface area (TPSA) is 38.5 Å². The summed E-state index contributed by atoms with van der Waals surface area (Å²) in [5.74, 6) is 5.39. The van der Waals surface area contributed by atoms with Crippen molar-refractivity contribution < 1.29 is 4.74 Å². The Kier molecular flexibility index (Phi) is 2.08. The maximum Gasteiger partial charge on any atom is 0.145 e. The number of hydrogen-bond donors (Lipinski definition) is 1. The largest absolute Gasteiger partial charge is 0.360 e. The highest BCUT2D eigenvalue weighted by atomic mass is 35.5. The smallest absolute Gasteiger partial charge is 0.145 e. The van der Waals surface area contributed by atoms with Crippen LogP contribution < -0.4 is 5.84 Å². The van der Waals surface area contributed by atoms with Gasteiger partial charge in [0.15, 0.2) is 0 Å². The first-order chi connectivity index (χ1) is 3.79. The average molecular weight is 137 g/mol. The molecule has 0 aromatic carbocycles. The minimum absolute atomic E-state index is 0.214. The summed E-state index contributed by atoms with van der Waals surface area (Å²) in [5.41, 5.74) is -0.214. The fourth-order valence-electron chi connectivity index (χ4n) is 0.626. The Morgan fingerprint density at radius 1 is 1.75 bits per heavy atom. The number of hydrazine groups is 1. The Hall–Kier alpha value is 0.170. The maximum absolute atomic E-state index is 5.57. The highest BCUT2D eigenvalue weighted by molar-refractivity contribution is 6.19. The zero-order valence-corrected chi connectivity index (χ0v) is 5.27. The molecule has 2 N–H and O–H groups in total. The summed E-state index contributed by atoms with van der Waals surface area (Å²) < 4.78 is 4.99. The van der Waals surface area contributed by atoms with Crippen molar-refractivity contribution >= 4 is 11.6 Å². The van der Waals surface area contributed by atoms with Crippen LogP contribution in [0, 0.1) is 0 Å². The van der Waals surface area contributed by atoms with Crippen LogP contribution in [0.25, 0.3) is 0 Å². The minimum atomic E-state index is -0.214. The molecular formula is C4H9ClN2O. The molecule has 1 fully saturated rings. The van der Waals surface area contributed by atoms with E-state index >= 15 is 0 Å². The third-order valence-electron chi connectivity index (χ3n) is 1.06. The van der Waals surface area contributed by atoms with E-state index in [4.69, 9.17) is 22.2 Å². The van der Waals surface area contributed by atoms with Crippen molar-refractivity contribution in [1.82, 2.24) is 5.01 Å². The van der Waals surface area contributed by atoms with Crippen molar-refractivity contribution in [3.8, 4) is 0 Å². The molecule has 1 rings (SSSR count). The molecule has 1 heterocycles. The van der Waals surface area contributed by atoms with Gasteiger partial charge in [0.25, 0.3) is 0 Å². The van der Waals surface area contributed by atoms with Gasteiger partial charge in [0.1, 0.15) is 5.56 Å². The number of alkyl halides is 1. The van der Waals surface area contributed by atoms with Crippen molar-refractivity contribution in [2.45, 2.75) is 5.56 Å². The summed E-state index contributed by atoms with van der Waals surface area (Å²) in [7, 11) is 0. The average Bonchev–Trinajstić information content (AvgIpc) is 1.64. The summed E-state index contributed by atoms with van der Waals surface area (Å²) >= 11 is 5.57. The van der Waals surface area contributed by atoms with E-state index in [0.717, 1.165) is 6.54 Å². The molecule has 1 aliphatic heterocycles. The molecule has 8 heavy (non-hydrogen) atoms. The van der Waals surface area contributed by atoms with Gasteiger partial charge in [-0.3, -0.25) is 5.84 Å². The maximum atomic E-state index is 5.57. The first-order valence-electron chi connectivity index (χ1n) is 2.54. The van der Waals surface area contributed by atoms with Gasteiger partial charge >= 0.3 is 0 Å². The Labute approximate surface area is 53.3 Å². The molecule has 0 spiro atoms. The second kappa shape index (κ2) is 2.64. The van der Waals surface area contributed by atoms with Gasteiger partial charge in [-0.25, -0.2) is 5.01 Å². The van der Waals surface area contributed by atoms with E-state index in [1.54, 1.807) is 5.01 Å². The molecule has 0 radical (unpaired) electrons. The summed E-state index contributed by atoms with van der Waals surface area (Å²) in [6.45, 7) is 2.05. The van der Waals surface area contributed by atoms with E-state index in [2.05, 4.69) is 0 Å². The van der Waals surface area contributed by atoms with E-state index < -0.39 is 0 Å². The SMILES string of the molecule is NN1CCOC(Cl)C1. The van der Waals surface area contributed by atoms with Gasteiger partial charge in [-0.05, 0) is 0 Å². The fraction of sp³-hybridized carbons (Fsp3) is 1.00. The van der Waals surface area contributed by atoms with Crippen LogP contribution in [0.5, 0.6) is 0 Å². The van der Waals surface area contributed by atoms with Crippen molar-refractivity contribution in [2.75, 3.05) is 19.7 Å². The molecule has 1 atom stereocenters. The van der Waals surface area contributed by atoms with Crippen LogP contribution in [0.2, 0.25) is 0 Å². The number of hydrogen-bond acceptors (Lipinski definition) is 3. The lowest BCUT2D eigenvalue weighted by Crippen LogP contribution is -2.44. The van der Waals surface area contributed by atoms with Gasteiger partial charge in [0, 0.05) is 6.54 Å². The van der Waals surface area contributed by atoms with Crippen molar-refractivity contribution in [1.29, 1.82) is 0 Å². The van der Waals surface area contributed by atoms with E-state index in [9.17, 15) is 0 Å². The van der Waals surface area contributed by atoms with Gasteiger partial charge in [0.05, 0.1) is 13.2 Å². The van der Waals surface area contributed by atoms with Gasteiger partial charge in [-0.15, -0.1) is 0 Å². The van der Waals surface area contributed by atoms with Crippen LogP contribution in [-0.2, 0) is 4.74 Å². The molecule has 4 heteroatoms. The van der Waals surface area contributed by atoms with Gasteiger partial charge < -0.3 is 4.74 Å². The van der Waals surface area contributed by atoms with Crippen LogP contribution in [0.4, 0.5) is 0 Å². The number of ether oxygens (including phenoxy) is 1. The lowest BCUT2D eigenvalue weighted by atomic mass is 10.5. The number of rotatable bonds is 0. The van der Waals surface area contributed by atoms with Crippen molar-refractivity contribution in [3.05, 3.63) is 0 Å². The Morgan fingerprint density at radius 3 is 2.88 bits per heavy atom. The first kappa shape index (κ1) is 6.29. The number of nitrogens with zero attached hydrogens (tertiary/aromatic N) is 1. The standard InChI is InChI=1S/C4H9ClN2O/c5-4-3-7(6)1-2-8-4/h4H,1-3,6H2. The highest BCUT2D eigenvalue weighted by Gasteiger charge is 2.13. The molecule has 0 amide bonds. The van der Waals surface area contributed by atoms with Gasteiger partial charge in [0.2, 0.25) is 0 Å². The molecule has 1 aliphatic rings. The molecule has 0 aromatic heterocycles. The molecule has 1 unspecified atom stereocenters. The highest BCUT2D eigenvalue weighted by Crippen LogP contribution is 2.03. The molecule has 0 aromatic rings. The third-order valence-corrected chi connectivity index (χ3v) is 1.32. The minimum Gasteiger partial charge on any atom is -0.360 e. The van der Waals surface area contributed by atoms with E-state index in [-0.39, 0.29) is 5.56 Å². The molecule has 0 aliphatic carbocycles. The van der Waals surface area contributed by atoms with Gasteiger partial charge in [-0.1, -0.05) is 11.6 Å². The lowest BCUT2D eigenvalue weighted by Gasteiger charge is -2.25. The first-order valence-corrected chi connectivity index (χ1v) is 2.98. The lowest BCUT2D eigenvalue weighted by molar-refractivity contribution is 0.0139. The van der Waals surface area contributed by atoms with E-state index in [1.165, 1.54) is 0 Å². The molecular weight excluding hydrogens is 128 g/mol. The molecule has 0 bridgehead atoms.